The minimum atomic E-state index is 0.331. The Bertz CT molecular complexity index is 434. The molecule has 2 rings (SSSR count). The van der Waals surface area contributed by atoms with Gasteiger partial charge in [0.1, 0.15) is 0 Å². The Morgan fingerprint density at radius 3 is 2.88 bits per heavy atom. The fraction of sp³-hybridized carbons (Fsp3) is 0.400. The zero-order valence-electron chi connectivity index (χ0n) is 9.34. The van der Waals surface area contributed by atoms with E-state index >= 15 is 0 Å². The number of anilines is 2. The first kappa shape index (κ1) is 10.9. The largest absolute Gasteiger partial charge is 0.368 e. The van der Waals surface area contributed by atoms with Crippen molar-refractivity contribution in [2.75, 3.05) is 10.6 Å². The Morgan fingerprint density at radius 1 is 1.56 bits per heavy atom. The molecule has 0 saturated heterocycles. The van der Waals surface area contributed by atoms with Crippen molar-refractivity contribution in [3.63, 3.8) is 0 Å². The predicted molar refractivity (Wildman–Crippen MR) is 66.4 cm³/mol. The minimum absolute atomic E-state index is 0.331. The number of aromatic amines is 1. The average Bonchev–Trinajstić information content (AvgIpc) is 2.84. The quantitative estimate of drug-likeness (QED) is 0.851. The van der Waals surface area contributed by atoms with E-state index in [0.717, 1.165) is 6.54 Å². The summed E-state index contributed by atoms with van der Waals surface area (Å²) in [6.07, 6.45) is 0. The second-order valence-corrected chi connectivity index (χ2v) is 4.85. The van der Waals surface area contributed by atoms with E-state index in [0.29, 0.717) is 17.9 Å². The van der Waals surface area contributed by atoms with E-state index < -0.39 is 0 Å². The van der Waals surface area contributed by atoms with Crippen LogP contribution in [0.15, 0.2) is 17.5 Å². The van der Waals surface area contributed by atoms with E-state index in [1.54, 1.807) is 11.3 Å². The molecule has 0 amide bonds. The van der Waals surface area contributed by atoms with Crippen LogP contribution < -0.4 is 10.6 Å². The number of nitrogens with one attached hydrogen (secondary N) is 1. The Labute approximate surface area is 98.3 Å². The van der Waals surface area contributed by atoms with Crippen molar-refractivity contribution in [2.45, 2.75) is 26.4 Å². The van der Waals surface area contributed by atoms with Gasteiger partial charge in [0.2, 0.25) is 11.9 Å². The highest BCUT2D eigenvalue weighted by molar-refractivity contribution is 7.09. The number of rotatable bonds is 4. The molecule has 0 saturated carbocycles. The second kappa shape index (κ2) is 4.52. The van der Waals surface area contributed by atoms with Crippen LogP contribution in [0.2, 0.25) is 0 Å². The Kier molecular flexibility index (Phi) is 3.09. The van der Waals surface area contributed by atoms with Gasteiger partial charge in [0.15, 0.2) is 0 Å². The van der Waals surface area contributed by atoms with Crippen LogP contribution in [0.25, 0.3) is 0 Å². The van der Waals surface area contributed by atoms with Crippen LogP contribution >= 0.6 is 11.3 Å². The monoisotopic (exact) mass is 237 g/mol. The molecule has 2 heterocycles. The zero-order chi connectivity index (χ0) is 11.5. The molecule has 6 heteroatoms. The first-order valence-electron chi connectivity index (χ1n) is 5.13. The Hall–Kier alpha value is -1.56. The topological polar surface area (TPSA) is 70.8 Å². The van der Waals surface area contributed by atoms with Gasteiger partial charge < -0.3 is 10.6 Å². The number of hydrogen-bond acceptors (Lipinski definition) is 5. The highest BCUT2D eigenvalue weighted by Gasteiger charge is 2.15. The van der Waals surface area contributed by atoms with Gasteiger partial charge in [-0.15, -0.1) is 16.4 Å². The molecule has 5 nitrogen and oxygen atoms in total. The maximum Gasteiger partial charge on any atom is 0.246 e. The molecule has 0 aliphatic rings. The third-order valence-corrected chi connectivity index (χ3v) is 3.14. The lowest BCUT2D eigenvalue weighted by Crippen LogP contribution is -2.30. The average molecular weight is 237 g/mol. The molecule has 86 valence electrons. The maximum atomic E-state index is 5.54. The van der Waals surface area contributed by atoms with Crippen molar-refractivity contribution < 1.29 is 0 Å². The van der Waals surface area contributed by atoms with Crippen molar-refractivity contribution in [3.05, 3.63) is 22.4 Å². The molecule has 0 aromatic carbocycles. The smallest absolute Gasteiger partial charge is 0.246 e. The third-order valence-electron chi connectivity index (χ3n) is 2.28. The number of H-pyrrole nitrogens is 1. The third kappa shape index (κ3) is 2.33. The zero-order valence-corrected chi connectivity index (χ0v) is 10.2. The van der Waals surface area contributed by atoms with Crippen LogP contribution in [-0.4, -0.2) is 21.2 Å². The van der Waals surface area contributed by atoms with Crippen molar-refractivity contribution in [2.24, 2.45) is 0 Å². The van der Waals surface area contributed by atoms with Crippen LogP contribution in [-0.2, 0) is 6.54 Å². The number of thiophene rings is 1. The summed E-state index contributed by atoms with van der Waals surface area (Å²) in [4.78, 5) is 7.55. The standard InChI is InChI=1S/C10H15N5S/c1-7(2)15(6-8-4-3-5-16-8)10-12-9(11)13-14-10/h3-5,7H,6H2,1-2H3,(H3,11,12,13,14). The highest BCUT2D eigenvalue weighted by Crippen LogP contribution is 2.18. The number of nitrogens with two attached hydrogens (primary N) is 1. The number of nitrogens with zero attached hydrogens (tertiary/aromatic N) is 3. The molecule has 2 aromatic heterocycles. The summed E-state index contributed by atoms with van der Waals surface area (Å²) in [6, 6.07) is 4.48. The van der Waals surface area contributed by atoms with Crippen LogP contribution in [0.1, 0.15) is 18.7 Å². The van der Waals surface area contributed by atoms with Gasteiger partial charge in [-0.05, 0) is 25.3 Å². The van der Waals surface area contributed by atoms with E-state index in [1.165, 1.54) is 4.88 Å². The van der Waals surface area contributed by atoms with Gasteiger partial charge in [-0.3, -0.25) is 0 Å². The SMILES string of the molecule is CC(C)N(Cc1cccs1)c1n[nH]c(N)n1. The molecule has 0 bridgehead atoms. The van der Waals surface area contributed by atoms with Gasteiger partial charge in [-0.25, -0.2) is 5.10 Å². The van der Waals surface area contributed by atoms with Crippen LogP contribution in [0.5, 0.6) is 0 Å². The molecule has 0 spiro atoms. The van der Waals surface area contributed by atoms with Crippen molar-refractivity contribution in [3.8, 4) is 0 Å². The second-order valence-electron chi connectivity index (χ2n) is 3.82. The van der Waals surface area contributed by atoms with Gasteiger partial charge in [-0.2, -0.15) is 4.98 Å². The normalized spacial score (nSPS) is 10.9. The summed E-state index contributed by atoms with van der Waals surface area (Å²) in [7, 11) is 0. The van der Waals surface area contributed by atoms with E-state index in [1.807, 2.05) is 6.07 Å². The lowest BCUT2D eigenvalue weighted by molar-refractivity contribution is 0.667. The van der Waals surface area contributed by atoms with E-state index in [2.05, 4.69) is 45.4 Å². The molecule has 0 atom stereocenters. The fourth-order valence-corrected chi connectivity index (χ4v) is 2.15. The first-order valence-corrected chi connectivity index (χ1v) is 6.01. The molecule has 2 aromatic rings. The van der Waals surface area contributed by atoms with Crippen LogP contribution in [0, 0.1) is 0 Å². The van der Waals surface area contributed by atoms with Crippen molar-refractivity contribution >= 4 is 23.2 Å². The van der Waals surface area contributed by atoms with Gasteiger partial charge in [0.25, 0.3) is 0 Å². The lowest BCUT2D eigenvalue weighted by atomic mass is 10.3. The van der Waals surface area contributed by atoms with Crippen molar-refractivity contribution in [1.82, 2.24) is 15.2 Å². The molecular weight excluding hydrogens is 222 g/mol. The molecular formula is C10H15N5S. The van der Waals surface area contributed by atoms with Crippen molar-refractivity contribution in [1.29, 1.82) is 0 Å². The van der Waals surface area contributed by atoms with Crippen LogP contribution in [0.3, 0.4) is 0 Å². The summed E-state index contributed by atoms with van der Waals surface area (Å²) >= 11 is 1.73. The van der Waals surface area contributed by atoms with Crippen LogP contribution in [0.4, 0.5) is 11.9 Å². The Morgan fingerprint density at radius 2 is 2.38 bits per heavy atom. The summed E-state index contributed by atoms with van der Waals surface area (Å²) in [5.41, 5.74) is 5.54. The first-order chi connectivity index (χ1) is 7.66. The molecule has 0 radical (unpaired) electrons. The van der Waals surface area contributed by atoms with Gasteiger partial charge in [0.05, 0.1) is 6.54 Å². The number of nitrogen functional groups attached to an aromatic ring is 1. The molecule has 0 aliphatic heterocycles. The molecule has 16 heavy (non-hydrogen) atoms. The maximum absolute atomic E-state index is 5.54. The summed E-state index contributed by atoms with van der Waals surface area (Å²) in [5, 5.41) is 8.82. The summed E-state index contributed by atoms with van der Waals surface area (Å²) in [6.45, 7) is 5.03. The summed E-state index contributed by atoms with van der Waals surface area (Å²) in [5.74, 6) is 1.01. The van der Waals surface area contributed by atoms with Gasteiger partial charge in [-0.1, -0.05) is 6.07 Å². The van der Waals surface area contributed by atoms with Gasteiger partial charge in [0, 0.05) is 10.9 Å². The lowest BCUT2D eigenvalue weighted by Gasteiger charge is -2.24. The highest BCUT2D eigenvalue weighted by atomic mass is 32.1. The van der Waals surface area contributed by atoms with E-state index in [-0.39, 0.29) is 0 Å². The molecule has 3 N–H and O–H groups in total. The summed E-state index contributed by atoms with van der Waals surface area (Å²) < 4.78 is 0. The predicted octanol–water partition coefficient (Wildman–Crippen LogP) is 1.86. The van der Waals surface area contributed by atoms with Gasteiger partial charge >= 0.3 is 0 Å². The minimum Gasteiger partial charge on any atom is -0.368 e. The van der Waals surface area contributed by atoms with E-state index in [4.69, 9.17) is 5.73 Å². The molecule has 0 unspecified atom stereocenters. The Balaban J connectivity index is 2.18. The molecule has 0 fully saturated rings. The fourth-order valence-electron chi connectivity index (χ4n) is 1.45. The number of hydrogen-bond donors (Lipinski definition) is 2. The van der Waals surface area contributed by atoms with E-state index in [9.17, 15) is 0 Å². The molecule has 0 aliphatic carbocycles. The number of aromatic nitrogens is 3.